The lowest BCUT2D eigenvalue weighted by molar-refractivity contribution is -0.870. The minimum Gasteiger partial charge on any atom is -0.329 e. The van der Waals surface area contributed by atoms with Gasteiger partial charge in [-0.25, -0.2) is 0 Å². The maximum Gasteiger partial charge on any atom is 0.508 e. The van der Waals surface area contributed by atoms with Gasteiger partial charge >= 0.3 is 8.03 Å². The molecule has 0 saturated carbocycles. The Bertz CT molecular complexity index is 202. The van der Waals surface area contributed by atoms with Crippen LogP contribution in [0.1, 0.15) is 45.4 Å². The number of rotatable bonds is 11. The van der Waals surface area contributed by atoms with Crippen LogP contribution in [-0.4, -0.2) is 44.9 Å². The van der Waals surface area contributed by atoms with Crippen molar-refractivity contribution in [1.29, 1.82) is 0 Å². The summed E-state index contributed by atoms with van der Waals surface area (Å²) in [4.78, 5) is 0. The Hall–Kier alpha value is 0.0200. The van der Waals surface area contributed by atoms with Crippen LogP contribution in [0.2, 0.25) is 0 Å². The predicted molar refractivity (Wildman–Crippen MR) is 74.7 cm³/mol. The van der Waals surface area contributed by atoms with Crippen LogP contribution in [0.4, 0.5) is 0 Å². The molecule has 0 spiro atoms. The van der Waals surface area contributed by atoms with Crippen molar-refractivity contribution < 1.29 is 13.6 Å². The molecule has 3 nitrogen and oxygen atoms in total. The molecule has 0 amide bonds. The molecule has 102 valence electrons. The lowest BCUT2D eigenvalue weighted by Gasteiger charge is -2.21. The van der Waals surface area contributed by atoms with Crippen LogP contribution in [0.15, 0.2) is 0 Å². The summed E-state index contributed by atoms with van der Waals surface area (Å²) in [6.07, 6.45) is 8.17. The van der Waals surface area contributed by atoms with Crippen LogP contribution in [0.25, 0.3) is 0 Å². The maximum atomic E-state index is 11.5. The molecule has 0 saturated heterocycles. The van der Waals surface area contributed by atoms with Crippen molar-refractivity contribution >= 4 is 8.03 Å². The quantitative estimate of drug-likeness (QED) is 0.322. The highest BCUT2D eigenvalue weighted by Crippen LogP contribution is 2.24. The molecule has 0 fully saturated rings. The highest BCUT2D eigenvalue weighted by molar-refractivity contribution is 7.39. The summed E-state index contributed by atoms with van der Waals surface area (Å²) in [7, 11) is 4.93. The van der Waals surface area contributed by atoms with E-state index in [4.69, 9.17) is 4.52 Å². The molecule has 0 aromatic heterocycles. The van der Waals surface area contributed by atoms with Gasteiger partial charge in [-0.15, -0.1) is 4.52 Å². The second-order valence-corrected chi connectivity index (χ2v) is 7.04. The van der Waals surface area contributed by atoms with Gasteiger partial charge in [0.1, 0.15) is 6.54 Å². The van der Waals surface area contributed by atoms with Crippen LogP contribution in [-0.2, 0) is 9.09 Å². The van der Waals surface area contributed by atoms with Crippen LogP contribution >= 0.6 is 8.03 Å². The average Bonchev–Trinajstić information content (AvgIpc) is 2.21. The molecule has 0 radical (unpaired) electrons. The first-order chi connectivity index (χ1) is 7.95. The second kappa shape index (κ2) is 9.99. The fourth-order valence-electron chi connectivity index (χ4n) is 1.50. The van der Waals surface area contributed by atoms with Gasteiger partial charge in [0, 0.05) is 0 Å². The van der Waals surface area contributed by atoms with Gasteiger partial charge in [-0.3, -0.25) is 0 Å². The fourth-order valence-corrected chi connectivity index (χ4v) is 2.40. The smallest absolute Gasteiger partial charge is 0.329 e. The standard InChI is InChI=1S/C13H30NO2P/c1-5-6-7-8-9-10-13-17(15)16-12-11-14(2,3)4/h5-13H2,1-4H3/q+2. The first-order valence-electron chi connectivity index (χ1n) is 6.84. The van der Waals surface area contributed by atoms with Gasteiger partial charge in [0.15, 0.2) is 12.8 Å². The van der Waals surface area contributed by atoms with E-state index >= 15 is 0 Å². The number of quaternary nitrogens is 1. The Kier molecular flexibility index (Phi) is 10.0. The Morgan fingerprint density at radius 1 is 1.00 bits per heavy atom. The summed E-state index contributed by atoms with van der Waals surface area (Å²) in [6, 6.07) is 0. The maximum absolute atomic E-state index is 11.5. The minimum absolute atomic E-state index is 0.606. The highest BCUT2D eigenvalue weighted by Gasteiger charge is 2.18. The van der Waals surface area contributed by atoms with Gasteiger partial charge in [-0.05, 0) is 17.4 Å². The summed E-state index contributed by atoms with van der Waals surface area (Å²) >= 11 is 0. The molecule has 1 atom stereocenters. The molecule has 0 aliphatic heterocycles. The van der Waals surface area contributed by atoms with Crippen molar-refractivity contribution in [2.45, 2.75) is 45.4 Å². The third-order valence-corrected chi connectivity index (χ3v) is 3.84. The van der Waals surface area contributed by atoms with Crippen LogP contribution in [0.5, 0.6) is 0 Å². The van der Waals surface area contributed by atoms with E-state index < -0.39 is 8.03 Å². The molecule has 0 N–H and O–H groups in total. The number of hydrogen-bond acceptors (Lipinski definition) is 2. The predicted octanol–water partition coefficient (Wildman–Crippen LogP) is 3.81. The lowest BCUT2D eigenvalue weighted by atomic mass is 10.1. The van der Waals surface area contributed by atoms with Gasteiger partial charge in [0.25, 0.3) is 0 Å². The average molecular weight is 263 g/mol. The van der Waals surface area contributed by atoms with E-state index in [1.807, 2.05) is 0 Å². The molecule has 0 rings (SSSR count). The third-order valence-electron chi connectivity index (χ3n) is 2.69. The third kappa shape index (κ3) is 14.0. The molecule has 0 heterocycles. The van der Waals surface area contributed by atoms with E-state index in [1.54, 1.807) is 0 Å². The molecular formula is C13H30NO2P+2. The van der Waals surface area contributed by atoms with Gasteiger partial charge in [-0.2, -0.15) is 0 Å². The first kappa shape index (κ1) is 17.0. The SMILES string of the molecule is CCCCCCCC[P+](=O)OCC[N+](C)(C)C. The van der Waals surface area contributed by atoms with E-state index in [1.165, 1.54) is 32.1 Å². The molecule has 0 aromatic carbocycles. The highest BCUT2D eigenvalue weighted by atomic mass is 31.1. The van der Waals surface area contributed by atoms with Crippen molar-refractivity contribution in [3.05, 3.63) is 0 Å². The Morgan fingerprint density at radius 2 is 1.59 bits per heavy atom. The molecule has 0 aromatic rings. The van der Waals surface area contributed by atoms with E-state index in [0.29, 0.717) is 6.61 Å². The van der Waals surface area contributed by atoms with Crippen molar-refractivity contribution in [1.82, 2.24) is 0 Å². The number of hydrogen-bond donors (Lipinski definition) is 0. The molecule has 0 aliphatic rings. The molecule has 0 aliphatic carbocycles. The Morgan fingerprint density at radius 3 is 2.18 bits per heavy atom. The second-order valence-electron chi connectivity index (χ2n) is 5.67. The topological polar surface area (TPSA) is 26.3 Å². The summed E-state index contributed by atoms with van der Waals surface area (Å²) < 4.78 is 17.7. The van der Waals surface area contributed by atoms with Gasteiger partial charge < -0.3 is 4.48 Å². The van der Waals surface area contributed by atoms with Crippen LogP contribution in [0.3, 0.4) is 0 Å². The molecule has 1 unspecified atom stereocenters. The van der Waals surface area contributed by atoms with Crippen LogP contribution < -0.4 is 0 Å². The minimum atomic E-state index is -1.42. The van der Waals surface area contributed by atoms with Crippen LogP contribution in [0, 0.1) is 0 Å². The van der Waals surface area contributed by atoms with E-state index in [-0.39, 0.29) is 0 Å². The van der Waals surface area contributed by atoms with Gasteiger partial charge in [0.05, 0.1) is 21.1 Å². The summed E-state index contributed by atoms with van der Waals surface area (Å²) in [6.45, 7) is 3.74. The Balaban J connectivity index is 3.29. The van der Waals surface area contributed by atoms with Crippen molar-refractivity contribution in [2.24, 2.45) is 0 Å². The largest absolute Gasteiger partial charge is 0.508 e. The Labute approximate surface area is 108 Å². The fraction of sp³-hybridized carbons (Fsp3) is 1.00. The first-order valence-corrected chi connectivity index (χ1v) is 8.20. The zero-order chi connectivity index (χ0) is 13.1. The van der Waals surface area contributed by atoms with Crippen molar-refractivity contribution in [2.75, 3.05) is 40.5 Å². The molecule has 4 heteroatoms. The number of unbranched alkanes of at least 4 members (excludes halogenated alkanes) is 5. The zero-order valence-electron chi connectivity index (χ0n) is 12.1. The van der Waals surface area contributed by atoms with Crippen molar-refractivity contribution in [3.8, 4) is 0 Å². The van der Waals surface area contributed by atoms with E-state index in [0.717, 1.165) is 23.6 Å². The number of likely N-dealkylation sites (N-methyl/N-ethyl adjacent to an activating group) is 1. The lowest BCUT2D eigenvalue weighted by Crippen LogP contribution is -2.37. The van der Waals surface area contributed by atoms with Gasteiger partial charge in [0.2, 0.25) is 0 Å². The normalized spacial score (nSPS) is 12.8. The summed E-state index contributed by atoms with van der Waals surface area (Å²) in [5.41, 5.74) is 0. The summed E-state index contributed by atoms with van der Waals surface area (Å²) in [5, 5.41) is 0. The van der Waals surface area contributed by atoms with Gasteiger partial charge in [-0.1, -0.05) is 32.6 Å². The molecule has 17 heavy (non-hydrogen) atoms. The number of nitrogens with zero attached hydrogens (tertiary/aromatic N) is 1. The van der Waals surface area contributed by atoms with E-state index in [2.05, 4.69) is 28.1 Å². The monoisotopic (exact) mass is 263 g/mol. The van der Waals surface area contributed by atoms with E-state index in [9.17, 15) is 4.57 Å². The summed E-state index contributed by atoms with van der Waals surface area (Å²) in [5.74, 6) is 0. The zero-order valence-corrected chi connectivity index (χ0v) is 13.0. The molecule has 0 bridgehead atoms. The van der Waals surface area contributed by atoms with Crippen molar-refractivity contribution in [3.63, 3.8) is 0 Å². The molecular weight excluding hydrogens is 233 g/mol.